The highest BCUT2D eigenvalue weighted by molar-refractivity contribution is 7.14. The first-order valence-electron chi connectivity index (χ1n) is 10.3. The summed E-state index contributed by atoms with van der Waals surface area (Å²) >= 11 is 1.49. The average Bonchev–Trinajstić information content (AvgIpc) is 3.40. The molecule has 0 spiro atoms. The number of fused-ring (bicyclic) bond motifs is 3. The number of urea groups is 1. The van der Waals surface area contributed by atoms with Gasteiger partial charge in [-0.3, -0.25) is 10.1 Å². The van der Waals surface area contributed by atoms with Gasteiger partial charge in [0.25, 0.3) is 0 Å². The lowest BCUT2D eigenvalue weighted by atomic mass is 9.97. The Bertz CT molecular complexity index is 1090. The maximum absolute atomic E-state index is 12.9. The van der Waals surface area contributed by atoms with Crippen molar-refractivity contribution in [1.29, 1.82) is 0 Å². The summed E-state index contributed by atoms with van der Waals surface area (Å²) in [4.78, 5) is 27.2. The van der Waals surface area contributed by atoms with E-state index in [1.54, 1.807) is 4.90 Å². The van der Waals surface area contributed by atoms with E-state index >= 15 is 0 Å². The molecule has 0 saturated carbocycles. The number of hydrogen-bond acceptors (Lipinski definition) is 3. The number of likely N-dealkylation sites (tertiary alicyclic amines) is 1. The summed E-state index contributed by atoms with van der Waals surface area (Å²) in [7, 11) is 0. The lowest BCUT2D eigenvalue weighted by Crippen LogP contribution is -2.45. The van der Waals surface area contributed by atoms with E-state index in [1.807, 2.05) is 23.6 Å². The van der Waals surface area contributed by atoms with Gasteiger partial charge in [-0.15, -0.1) is 11.3 Å². The molecule has 2 N–H and O–H groups in total. The van der Waals surface area contributed by atoms with Gasteiger partial charge in [-0.05, 0) is 71.2 Å². The number of piperidine rings is 1. The van der Waals surface area contributed by atoms with Crippen molar-refractivity contribution in [3.63, 3.8) is 0 Å². The Morgan fingerprint density at radius 3 is 2.70 bits per heavy atom. The van der Waals surface area contributed by atoms with Crippen LogP contribution in [0.2, 0.25) is 0 Å². The summed E-state index contributed by atoms with van der Waals surface area (Å²) in [6, 6.07) is 18.2. The van der Waals surface area contributed by atoms with Crippen LogP contribution in [0.15, 0.2) is 60.0 Å². The molecule has 1 aromatic heterocycles. The zero-order chi connectivity index (χ0) is 20.5. The van der Waals surface area contributed by atoms with Crippen LogP contribution in [0.5, 0.6) is 0 Å². The topological polar surface area (TPSA) is 61.4 Å². The van der Waals surface area contributed by atoms with Crippen LogP contribution < -0.4 is 10.6 Å². The standard InChI is InChI=1S/C24H23N3O2S/c28-23(17-6-3-11-27(15-17)24(29)26-22-8-4-12-30-22)25-19-9-10-21-18(14-19)13-16-5-1-2-7-20(16)21/h1-2,4-5,7-10,12,14,17H,3,6,11,13,15H2,(H,25,28)(H,26,29). The van der Waals surface area contributed by atoms with Crippen molar-refractivity contribution in [3.8, 4) is 11.1 Å². The Balaban J connectivity index is 1.23. The zero-order valence-electron chi connectivity index (χ0n) is 16.6. The Morgan fingerprint density at radius 1 is 0.967 bits per heavy atom. The van der Waals surface area contributed by atoms with Gasteiger partial charge in [0.15, 0.2) is 0 Å². The predicted octanol–water partition coefficient (Wildman–Crippen LogP) is 5.20. The van der Waals surface area contributed by atoms with Crippen LogP contribution in [0, 0.1) is 5.92 Å². The van der Waals surface area contributed by atoms with Crippen LogP contribution in [0.1, 0.15) is 24.0 Å². The second-order valence-electron chi connectivity index (χ2n) is 7.89. The minimum absolute atomic E-state index is 0.0147. The Hall–Kier alpha value is -3.12. The molecule has 3 amide bonds. The number of carbonyl (C=O) groups excluding carboxylic acids is 2. The molecule has 2 aromatic carbocycles. The van der Waals surface area contributed by atoms with Gasteiger partial charge in [0, 0.05) is 18.8 Å². The van der Waals surface area contributed by atoms with E-state index in [0.29, 0.717) is 13.1 Å². The minimum atomic E-state index is -0.196. The van der Waals surface area contributed by atoms with Crippen LogP contribution >= 0.6 is 11.3 Å². The molecule has 30 heavy (non-hydrogen) atoms. The number of carbonyl (C=O) groups is 2. The highest BCUT2D eigenvalue weighted by atomic mass is 32.1. The van der Waals surface area contributed by atoms with Crippen molar-refractivity contribution < 1.29 is 9.59 Å². The fraction of sp³-hybridized carbons (Fsp3) is 0.250. The quantitative estimate of drug-likeness (QED) is 0.481. The molecule has 1 unspecified atom stereocenters. The van der Waals surface area contributed by atoms with E-state index in [9.17, 15) is 9.59 Å². The molecule has 2 heterocycles. The fourth-order valence-electron chi connectivity index (χ4n) is 4.38. The SMILES string of the molecule is O=C(Nc1ccc2c(c1)Cc1ccccc1-2)C1CCCN(C(=O)Nc2cccs2)C1. The maximum Gasteiger partial charge on any atom is 0.322 e. The third kappa shape index (κ3) is 3.71. The van der Waals surface area contributed by atoms with Gasteiger partial charge in [-0.2, -0.15) is 0 Å². The third-order valence-electron chi connectivity index (χ3n) is 5.89. The number of nitrogens with one attached hydrogen (secondary N) is 2. The second-order valence-corrected chi connectivity index (χ2v) is 8.84. The summed E-state index contributed by atoms with van der Waals surface area (Å²) in [6.45, 7) is 1.12. The molecule has 5 nitrogen and oxygen atoms in total. The summed E-state index contributed by atoms with van der Waals surface area (Å²) in [5.74, 6) is -0.211. The predicted molar refractivity (Wildman–Crippen MR) is 121 cm³/mol. The molecule has 1 aliphatic heterocycles. The van der Waals surface area contributed by atoms with Gasteiger partial charge < -0.3 is 10.2 Å². The molecule has 5 rings (SSSR count). The first-order chi connectivity index (χ1) is 14.7. The summed E-state index contributed by atoms with van der Waals surface area (Å²) in [6.07, 6.45) is 2.52. The number of benzene rings is 2. The first kappa shape index (κ1) is 18.9. The van der Waals surface area contributed by atoms with E-state index in [1.165, 1.54) is 33.6 Å². The molecule has 152 valence electrons. The van der Waals surface area contributed by atoms with Crippen LogP contribution in [0.25, 0.3) is 11.1 Å². The minimum Gasteiger partial charge on any atom is -0.326 e. The molecule has 1 fully saturated rings. The van der Waals surface area contributed by atoms with E-state index in [0.717, 1.165) is 30.0 Å². The van der Waals surface area contributed by atoms with Crippen molar-refractivity contribution in [1.82, 2.24) is 4.90 Å². The first-order valence-corrected chi connectivity index (χ1v) is 11.2. The van der Waals surface area contributed by atoms with Gasteiger partial charge in [-0.1, -0.05) is 30.3 Å². The van der Waals surface area contributed by atoms with E-state index in [-0.39, 0.29) is 17.9 Å². The smallest absolute Gasteiger partial charge is 0.322 e. The van der Waals surface area contributed by atoms with Crippen molar-refractivity contribution in [3.05, 3.63) is 71.1 Å². The molecule has 6 heteroatoms. The lowest BCUT2D eigenvalue weighted by Gasteiger charge is -2.32. The Kier molecular flexibility index (Phi) is 5.01. The van der Waals surface area contributed by atoms with Crippen molar-refractivity contribution in [2.24, 2.45) is 5.92 Å². The molecule has 1 atom stereocenters. The Morgan fingerprint density at radius 2 is 1.83 bits per heavy atom. The average molecular weight is 418 g/mol. The molecule has 1 aliphatic carbocycles. The number of anilines is 2. The van der Waals surface area contributed by atoms with E-state index in [2.05, 4.69) is 47.0 Å². The Labute approximate surface area is 179 Å². The van der Waals surface area contributed by atoms with E-state index < -0.39 is 0 Å². The number of thiophene rings is 1. The molecular formula is C24H23N3O2S. The second kappa shape index (κ2) is 7.95. The summed E-state index contributed by atoms with van der Waals surface area (Å²) < 4.78 is 0. The zero-order valence-corrected chi connectivity index (χ0v) is 17.4. The van der Waals surface area contributed by atoms with Gasteiger partial charge in [0.05, 0.1) is 10.9 Å². The maximum atomic E-state index is 12.9. The highest BCUT2D eigenvalue weighted by Gasteiger charge is 2.29. The van der Waals surface area contributed by atoms with Gasteiger partial charge in [0.2, 0.25) is 5.91 Å². The molecule has 0 bridgehead atoms. The fourth-order valence-corrected chi connectivity index (χ4v) is 4.98. The molecule has 2 aliphatic rings. The number of nitrogens with zero attached hydrogens (tertiary/aromatic N) is 1. The number of amides is 3. The van der Waals surface area contributed by atoms with Crippen LogP contribution in [-0.4, -0.2) is 29.9 Å². The summed E-state index contributed by atoms with van der Waals surface area (Å²) in [5, 5.41) is 8.74. The molecule has 1 saturated heterocycles. The molecule has 3 aromatic rings. The highest BCUT2D eigenvalue weighted by Crippen LogP contribution is 2.37. The normalized spacial score (nSPS) is 17.2. The van der Waals surface area contributed by atoms with Crippen molar-refractivity contribution >= 4 is 34.0 Å². The van der Waals surface area contributed by atoms with Gasteiger partial charge >= 0.3 is 6.03 Å². The van der Waals surface area contributed by atoms with Crippen LogP contribution in [0.4, 0.5) is 15.5 Å². The number of rotatable bonds is 3. The van der Waals surface area contributed by atoms with E-state index in [4.69, 9.17) is 0 Å². The molecule has 0 radical (unpaired) electrons. The van der Waals surface area contributed by atoms with Crippen molar-refractivity contribution in [2.45, 2.75) is 19.3 Å². The van der Waals surface area contributed by atoms with Crippen LogP contribution in [0.3, 0.4) is 0 Å². The van der Waals surface area contributed by atoms with Gasteiger partial charge in [-0.25, -0.2) is 4.79 Å². The number of hydrogen-bond donors (Lipinski definition) is 2. The van der Waals surface area contributed by atoms with Crippen molar-refractivity contribution in [2.75, 3.05) is 23.7 Å². The summed E-state index contributed by atoms with van der Waals surface area (Å²) in [5.41, 5.74) is 5.93. The third-order valence-corrected chi connectivity index (χ3v) is 6.68. The van der Waals surface area contributed by atoms with Crippen LogP contribution in [-0.2, 0) is 11.2 Å². The molecular weight excluding hydrogens is 394 g/mol. The lowest BCUT2D eigenvalue weighted by molar-refractivity contribution is -0.121. The van der Waals surface area contributed by atoms with Gasteiger partial charge in [0.1, 0.15) is 0 Å². The largest absolute Gasteiger partial charge is 0.326 e. The monoisotopic (exact) mass is 417 g/mol.